The average molecular weight is 302 g/mol. The molecule has 3 N–H and O–H groups in total. The number of nitrogens with one attached hydrogen (secondary N) is 1. The molecule has 6 nitrogen and oxygen atoms in total. The number of hydrogen-bond donors (Lipinski definition) is 2. The molecule has 1 aromatic carbocycles. The van der Waals surface area contributed by atoms with Gasteiger partial charge in [-0.15, -0.1) is 0 Å². The van der Waals surface area contributed by atoms with Gasteiger partial charge in [0.2, 0.25) is 10.0 Å². The van der Waals surface area contributed by atoms with E-state index in [0.29, 0.717) is 5.69 Å². The van der Waals surface area contributed by atoms with Crippen LogP contribution in [-0.4, -0.2) is 13.4 Å². The highest BCUT2D eigenvalue weighted by Crippen LogP contribution is 2.18. The van der Waals surface area contributed by atoms with E-state index in [4.69, 9.17) is 11.0 Å². The lowest BCUT2D eigenvalue weighted by Gasteiger charge is -2.15. The second-order valence-electron chi connectivity index (χ2n) is 4.50. The number of anilines is 1. The summed E-state index contributed by atoms with van der Waals surface area (Å²) in [5.74, 6) is 0. The van der Waals surface area contributed by atoms with E-state index < -0.39 is 16.1 Å². The highest BCUT2D eigenvalue weighted by molar-refractivity contribution is 7.89. The minimum atomic E-state index is -3.71. The van der Waals surface area contributed by atoms with E-state index >= 15 is 0 Å². The zero-order valence-corrected chi connectivity index (χ0v) is 12.1. The Morgan fingerprint density at radius 1 is 1.33 bits per heavy atom. The van der Waals surface area contributed by atoms with Crippen LogP contribution in [0.4, 0.5) is 5.69 Å². The van der Waals surface area contributed by atoms with Crippen molar-refractivity contribution in [1.29, 1.82) is 5.26 Å². The van der Waals surface area contributed by atoms with Crippen LogP contribution in [0.1, 0.15) is 24.2 Å². The fourth-order valence-corrected chi connectivity index (χ4v) is 2.98. The maximum atomic E-state index is 12.2. The lowest BCUT2D eigenvalue weighted by Crippen LogP contribution is -2.27. The first-order chi connectivity index (χ1) is 9.92. The zero-order chi connectivity index (χ0) is 15.5. The molecular formula is C14H14N4O2S. The van der Waals surface area contributed by atoms with Crippen LogP contribution < -0.4 is 10.5 Å². The summed E-state index contributed by atoms with van der Waals surface area (Å²) in [6.45, 7) is 1.73. The Kier molecular flexibility index (Phi) is 4.21. The molecule has 7 heteroatoms. The fraction of sp³-hybridized carbons (Fsp3) is 0.143. The van der Waals surface area contributed by atoms with Crippen LogP contribution >= 0.6 is 0 Å². The van der Waals surface area contributed by atoms with Crippen molar-refractivity contribution < 1.29 is 8.42 Å². The van der Waals surface area contributed by atoms with Crippen LogP contribution in [0.15, 0.2) is 47.5 Å². The van der Waals surface area contributed by atoms with Gasteiger partial charge in [0.05, 0.1) is 0 Å². The lowest BCUT2D eigenvalue weighted by molar-refractivity contribution is 0.566. The predicted octanol–water partition coefficient (Wildman–Crippen LogP) is 1.57. The maximum Gasteiger partial charge on any atom is 0.242 e. The number of sulfonamides is 1. The molecule has 1 aromatic heterocycles. The summed E-state index contributed by atoms with van der Waals surface area (Å²) < 4.78 is 27.0. The highest BCUT2D eigenvalue weighted by Gasteiger charge is 2.18. The molecule has 21 heavy (non-hydrogen) atoms. The first-order valence-electron chi connectivity index (χ1n) is 6.16. The number of hydrogen-bond acceptors (Lipinski definition) is 5. The van der Waals surface area contributed by atoms with Crippen molar-refractivity contribution in [3.63, 3.8) is 0 Å². The van der Waals surface area contributed by atoms with Gasteiger partial charge in [0.1, 0.15) is 16.7 Å². The van der Waals surface area contributed by atoms with Gasteiger partial charge in [-0.05, 0) is 36.8 Å². The summed E-state index contributed by atoms with van der Waals surface area (Å²) in [6.07, 6.45) is 1.16. The van der Waals surface area contributed by atoms with E-state index in [9.17, 15) is 8.42 Å². The summed E-state index contributed by atoms with van der Waals surface area (Å²) in [6, 6.07) is 11.1. The molecule has 0 saturated heterocycles. The normalized spacial score (nSPS) is 12.6. The largest absolute Gasteiger partial charge is 0.399 e. The van der Waals surface area contributed by atoms with Gasteiger partial charge in [0.25, 0.3) is 0 Å². The smallest absolute Gasteiger partial charge is 0.242 e. The number of rotatable bonds is 4. The number of aromatic nitrogens is 1. The van der Waals surface area contributed by atoms with Crippen molar-refractivity contribution in [3.8, 4) is 6.07 Å². The molecule has 108 valence electrons. The third-order valence-electron chi connectivity index (χ3n) is 2.90. The number of nitrogens with two attached hydrogens (primary N) is 1. The minimum absolute atomic E-state index is 0.0113. The van der Waals surface area contributed by atoms with Gasteiger partial charge < -0.3 is 5.73 Å². The van der Waals surface area contributed by atoms with Crippen molar-refractivity contribution in [2.24, 2.45) is 0 Å². The van der Waals surface area contributed by atoms with Crippen molar-refractivity contribution >= 4 is 15.7 Å². The molecule has 1 atom stereocenters. The Morgan fingerprint density at radius 2 is 2.10 bits per heavy atom. The van der Waals surface area contributed by atoms with Gasteiger partial charge in [-0.1, -0.05) is 12.1 Å². The van der Waals surface area contributed by atoms with Crippen molar-refractivity contribution in [2.45, 2.75) is 17.9 Å². The van der Waals surface area contributed by atoms with Gasteiger partial charge in [0, 0.05) is 17.9 Å². The summed E-state index contributed by atoms with van der Waals surface area (Å²) in [5.41, 5.74) is 7.18. The molecular weight excluding hydrogens is 288 g/mol. The molecule has 2 aromatic rings. The molecule has 0 fully saturated rings. The molecule has 1 unspecified atom stereocenters. The van der Waals surface area contributed by atoms with E-state index in [1.54, 1.807) is 31.2 Å². The van der Waals surface area contributed by atoms with E-state index in [1.165, 1.54) is 12.1 Å². The van der Waals surface area contributed by atoms with E-state index in [2.05, 4.69) is 9.71 Å². The monoisotopic (exact) mass is 302 g/mol. The number of benzene rings is 1. The van der Waals surface area contributed by atoms with Gasteiger partial charge in [0.15, 0.2) is 0 Å². The molecule has 0 amide bonds. The standard InChI is InChI=1S/C14H14N4O2S/c1-10(11-3-2-4-12(16)7-11)18-21(19,20)14-6-5-13(8-15)17-9-14/h2-7,9-10,18H,16H2,1H3. The van der Waals surface area contributed by atoms with Crippen LogP contribution in [-0.2, 0) is 10.0 Å². The summed E-state index contributed by atoms with van der Waals surface area (Å²) >= 11 is 0. The first kappa shape index (κ1) is 15.0. The Hall–Kier alpha value is -2.43. The zero-order valence-electron chi connectivity index (χ0n) is 11.3. The highest BCUT2D eigenvalue weighted by atomic mass is 32.2. The quantitative estimate of drug-likeness (QED) is 0.833. The van der Waals surface area contributed by atoms with E-state index in [1.807, 2.05) is 6.07 Å². The molecule has 0 aliphatic rings. The molecule has 1 heterocycles. The topological polar surface area (TPSA) is 109 Å². The molecule has 0 saturated carbocycles. The molecule has 2 rings (SSSR count). The predicted molar refractivity (Wildman–Crippen MR) is 78.5 cm³/mol. The van der Waals surface area contributed by atoms with Crippen molar-refractivity contribution in [2.75, 3.05) is 5.73 Å². The van der Waals surface area contributed by atoms with Crippen molar-refractivity contribution in [1.82, 2.24) is 9.71 Å². The molecule has 0 radical (unpaired) electrons. The van der Waals surface area contributed by atoms with Crippen LogP contribution in [0.2, 0.25) is 0 Å². The van der Waals surface area contributed by atoms with E-state index in [-0.39, 0.29) is 10.6 Å². The number of nitrogens with zero attached hydrogens (tertiary/aromatic N) is 2. The average Bonchev–Trinajstić information content (AvgIpc) is 2.47. The van der Waals surface area contributed by atoms with Gasteiger partial charge in [-0.3, -0.25) is 0 Å². The Bertz CT molecular complexity index is 779. The molecule has 0 aliphatic heterocycles. The molecule has 0 spiro atoms. The van der Waals surface area contributed by atoms with Crippen molar-refractivity contribution in [3.05, 3.63) is 53.9 Å². The lowest BCUT2D eigenvalue weighted by atomic mass is 10.1. The second kappa shape index (κ2) is 5.91. The Labute approximate surface area is 123 Å². The summed E-state index contributed by atoms with van der Waals surface area (Å²) in [7, 11) is -3.71. The van der Waals surface area contributed by atoms with Crippen LogP contribution in [0.3, 0.4) is 0 Å². The number of nitrogen functional groups attached to an aromatic ring is 1. The van der Waals surface area contributed by atoms with E-state index in [0.717, 1.165) is 11.8 Å². The number of pyridine rings is 1. The minimum Gasteiger partial charge on any atom is -0.399 e. The number of nitriles is 1. The van der Waals surface area contributed by atoms with Gasteiger partial charge in [-0.25, -0.2) is 18.1 Å². The van der Waals surface area contributed by atoms with Gasteiger partial charge >= 0.3 is 0 Å². The summed E-state index contributed by atoms with van der Waals surface area (Å²) in [5, 5.41) is 8.66. The summed E-state index contributed by atoms with van der Waals surface area (Å²) in [4.78, 5) is 3.77. The van der Waals surface area contributed by atoms with Crippen LogP contribution in [0.5, 0.6) is 0 Å². The van der Waals surface area contributed by atoms with Gasteiger partial charge in [-0.2, -0.15) is 5.26 Å². The van der Waals surface area contributed by atoms with Crippen LogP contribution in [0, 0.1) is 11.3 Å². The molecule has 0 aliphatic carbocycles. The second-order valence-corrected chi connectivity index (χ2v) is 6.22. The molecule has 0 bridgehead atoms. The first-order valence-corrected chi connectivity index (χ1v) is 7.64. The Balaban J connectivity index is 2.22. The Morgan fingerprint density at radius 3 is 2.67 bits per heavy atom. The third kappa shape index (κ3) is 3.56. The maximum absolute atomic E-state index is 12.2. The van der Waals surface area contributed by atoms with Crippen LogP contribution in [0.25, 0.3) is 0 Å². The fourth-order valence-electron chi connectivity index (χ4n) is 1.80. The third-order valence-corrected chi connectivity index (χ3v) is 4.43. The SMILES string of the molecule is CC(NS(=O)(=O)c1ccc(C#N)nc1)c1cccc(N)c1.